The average Bonchev–Trinajstić information content (AvgIpc) is 2.88. The quantitative estimate of drug-likeness (QED) is 0.727. The molecule has 1 aromatic rings. The van der Waals surface area contributed by atoms with Crippen molar-refractivity contribution in [1.29, 1.82) is 0 Å². The fraction of sp³-hybridized carbons (Fsp3) is 0.333. The van der Waals surface area contributed by atoms with Crippen molar-refractivity contribution in [2.75, 3.05) is 13.7 Å². The average molecular weight is 229 g/mol. The van der Waals surface area contributed by atoms with Gasteiger partial charge in [-0.25, -0.2) is 0 Å². The van der Waals surface area contributed by atoms with Gasteiger partial charge < -0.3 is 9.47 Å². The smallest absolute Gasteiger partial charge is 0.133 e. The molecular formula is C9H9BrO2. The lowest BCUT2D eigenvalue weighted by atomic mass is 10.1. The summed E-state index contributed by atoms with van der Waals surface area (Å²) in [5, 5.41) is 0. The second-order valence-corrected chi connectivity index (χ2v) is 3.48. The first-order chi connectivity index (χ1) is 5.83. The maximum absolute atomic E-state index is 5.19. The monoisotopic (exact) mass is 228 g/mol. The fourth-order valence-corrected chi connectivity index (χ4v) is 1.84. The second kappa shape index (κ2) is 3.07. The zero-order chi connectivity index (χ0) is 8.55. The van der Waals surface area contributed by atoms with Gasteiger partial charge >= 0.3 is 0 Å². The van der Waals surface area contributed by atoms with Crippen molar-refractivity contribution in [2.45, 2.75) is 6.10 Å². The van der Waals surface area contributed by atoms with Gasteiger partial charge in [0.2, 0.25) is 0 Å². The number of halogens is 1. The molecule has 2 nitrogen and oxygen atoms in total. The molecule has 0 aliphatic carbocycles. The molecule has 0 radical (unpaired) electrons. The van der Waals surface area contributed by atoms with E-state index in [0.717, 1.165) is 16.8 Å². The van der Waals surface area contributed by atoms with Crippen LogP contribution in [-0.4, -0.2) is 13.7 Å². The normalized spacial score (nSPS) is 20.7. The highest BCUT2D eigenvalue weighted by Gasteiger charge is 2.27. The van der Waals surface area contributed by atoms with Gasteiger partial charge in [-0.2, -0.15) is 0 Å². The standard InChI is InChI=1S/C9H9BrO2/c1-11-7-4-2-3-6(9(7)10)8-5-12-8/h2-4,8H,5H2,1H3. The van der Waals surface area contributed by atoms with Crippen molar-refractivity contribution in [3.63, 3.8) is 0 Å². The largest absolute Gasteiger partial charge is 0.496 e. The molecule has 0 amide bonds. The predicted molar refractivity (Wildman–Crippen MR) is 49.4 cm³/mol. The van der Waals surface area contributed by atoms with Crippen molar-refractivity contribution in [3.8, 4) is 5.75 Å². The molecule has 1 atom stereocenters. The summed E-state index contributed by atoms with van der Waals surface area (Å²) in [6.45, 7) is 0.825. The van der Waals surface area contributed by atoms with Gasteiger partial charge in [-0.05, 0) is 22.0 Å². The van der Waals surface area contributed by atoms with E-state index in [0.29, 0.717) is 0 Å². The Hall–Kier alpha value is -0.540. The van der Waals surface area contributed by atoms with Crippen LogP contribution in [0.25, 0.3) is 0 Å². The summed E-state index contributed by atoms with van der Waals surface area (Å²) in [6.07, 6.45) is 0.273. The summed E-state index contributed by atoms with van der Waals surface area (Å²) >= 11 is 3.48. The zero-order valence-corrected chi connectivity index (χ0v) is 8.30. The van der Waals surface area contributed by atoms with Crippen molar-refractivity contribution < 1.29 is 9.47 Å². The van der Waals surface area contributed by atoms with E-state index in [1.54, 1.807) is 7.11 Å². The van der Waals surface area contributed by atoms with Gasteiger partial charge in [0, 0.05) is 5.56 Å². The molecule has 1 heterocycles. The number of ether oxygens (including phenoxy) is 2. The van der Waals surface area contributed by atoms with Crippen LogP contribution in [0.15, 0.2) is 22.7 Å². The lowest BCUT2D eigenvalue weighted by molar-refractivity contribution is 0.401. The molecule has 1 unspecified atom stereocenters. The van der Waals surface area contributed by atoms with Crippen LogP contribution in [0.5, 0.6) is 5.75 Å². The van der Waals surface area contributed by atoms with Gasteiger partial charge in [-0.15, -0.1) is 0 Å². The van der Waals surface area contributed by atoms with E-state index in [9.17, 15) is 0 Å². The molecule has 0 bridgehead atoms. The van der Waals surface area contributed by atoms with Crippen LogP contribution in [0.3, 0.4) is 0 Å². The third-order valence-electron chi connectivity index (χ3n) is 1.89. The second-order valence-electron chi connectivity index (χ2n) is 2.69. The highest BCUT2D eigenvalue weighted by molar-refractivity contribution is 9.10. The minimum absolute atomic E-state index is 0.273. The summed E-state index contributed by atoms with van der Waals surface area (Å²) in [6, 6.07) is 5.95. The third-order valence-corrected chi connectivity index (χ3v) is 2.74. The first-order valence-corrected chi connectivity index (χ1v) is 4.56. The van der Waals surface area contributed by atoms with Gasteiger partial charge in [0.1, 0.15) is 11.9 Å². The number of epoxide rings is 1. The van der Waals surface area contributed by atoms with Crippen LogP contribution >= 0.6 is 15.9 Å². The van der Waals surface area contributed by atoms with Crippen LogP contribution in [0.1, 0.15) is 11.7 Å². The summed E-state index contributed by atoms with van der Waals surface area (Å²) in [7, 11) is 1.66. The number of rotatable bonds is 2. The van der Waals surface area contributed by atoms with Gasteiger partial charge in [0.05, 0.1) is 18.2 Å². The highest BCUT2D eigenvalue weighted by atomic mass is 79.9. The minimum Gasteiger partial charge on any atom is -0.496 e. The molecule has 0 spiro atoms. The van der Waals surface area contributed by atoms with Gasteiger partial charge in [0.25, 0.3) is 0 Å². The van der Waals surface area contributed by atoms with Gasteiger partial charge in [0.15, 0.2) is 0 Å². The van der Waals surface area contributed by atoms with Crippen LogP contribution in [-0.2, 0) is 4.74 Å². The molecule has 2 rings (SSSR count). The lowest BCUT2D eigenvalue weighted by Gasteiger charge is -2.05. The molecule has 0 aromatic heterocycles. The third kappa shape index (κ3) is 1.34. The van der Waals surface area contributed by atoms with E-state index in [2.05, 4.69) is 15.9 Å². The highest BCUT2D eigenvalue weighted by Crippen LogP contribution is 2.39. The summed E-state index contributed by atoms with van der Waals surface area (Å²) in [4.78, 5) is 0. The molecule has 0 saturated carbocycles. The number of benzene rings is 1. The minimum atomic E-state index is 0.273. The molecule has 3 heteroatoms. The number of hydrogen-bond acceptors (Lipinski definition) is 2. The molecule has 64 valence electrons. The fourth-order valence-electron chi connectivity index (χ4n) is 1.16. The predicted octanol–water partition coefficient (Wildman–Crippen LogP) is 2.53. The van der Waals surface area contributed by atoms with Crippen LogP contribution in [0.4, 0.5) is 0 Å². The zero-order valence-electron chi connectivity index (χ0n) is 6.71. The first kappa shape index (κ1) is 8.08. The Labute approximate surface area is 79.6 Å². The van der Waals surface area contributed by atoms with E-state index < -0.39 is 0 Å². The molecule has 1 fully saturated rings. The summed E-state index contributed by atoms with van der Waals surface area (Å²) < 4.78 is 11.4. The van der Waals surface area contributed by atoms with Crippen LogP contribution < -0.4 is 4.74 Å². The molecule has 1 aliphatic rings. The van der Waals surface area contributed by atoms with E-state index >= 15 is 0 Å². The van der Waals surface area contributed by atoms with Gasteiger partial charge in [-0.3, -0.25) is 0 Å². The van der Waals surface area contributed by atoms with Crippen molar-refractivity contribution in [1.82, 2.24) is 0 Å². The van der Waals surface area contributed by atoms with E-state index in [1.165, 1.54) is 5.56 Å². The van der Waals surface area contributed by atoms with Crippen molar-refractivity contribution in [3.05, 3.63) is 28.2 Å². The Bertz CT molecular complexity index is 295. The summed E-state index contributed by atoms with van der Waals surface area (Å²) in [5.74, 6) is 0.864. The summed E-state index contributed by atoms with van der Waals surface area (Å²) in [5.41, 5.74) is 1.18. The molecule has 1 aromatic carbocycles. The van der Waals surface area contributed by atoms with Crippen molar-refractivity contribution >= 4 is 15.9 Å². The first-order valence-electron chi connectivity index (χ1n) is 3.77. The SMILES string of the molecule is COc1cccc(C2CO2)c1Br. The Kier molecular flexibility index (Phi) is 2.07. The number of hydrogen-bond donors (Lipinski definition) is 0. The van der Waals surface area contributed by atoms with E-state index in [-0.39, 0.29) is 6.10 Å². The molecule has 12 heavy (non-hydrogen) atoms. The Balaban J connectivity index is 2.40. The molecule has 1 saturated heterocycles. The Morgan fingerprint density at radius 1 is 1.58 bits per heavy atom. The van der Waals surface area contributed by atoms with E-state index in [1.807, 2.05) is 18.2 Å². The Morgan fingerprint density at radius 3 is 2.92 bits per heavy atom. The van der Waals surface area contributed by atoms with E-state index in [4.69, 9.17) is 9.47 Å². The Morgan fingerprint density at radius 2 is 2.33 bits per heavy atom. The number of methoxy groups -OCH3 is 1. The molecule has 1 aliphatic heterocycles. The molecule has 0 N–H and O–H groups in total. The maximum Gasteiger partial charge on any atom is 0.133 e. The van der Waals surface area contributed by atoms with Crippen LogP contribution in [0.2, 0.25) is 0 Å². The molecular weight excluding hydrogens is 220 g/mol. The maximum atomic E-state index is 5.19. The topological polar surface area (TPSA) is 21.8 Å². The van der Waals surface area contributed by atoms with Gasteiger partial charge in [-0.1, -0.05) is 12.1 Å². The van der Waals surface area contributed by atoms with Crippen molar-refractivity contribution in [2.24, 2.45) is 0 Å². The lowest BCUT2D eigenvalue weighted by Crippen LogP contribution is -1.88. The van der Waals surface area contributed by atoms with Crippen LogP contribution in [0, 0.1) is 0 Å².